The highest BCUT2D eigenvalue weighted by Crippen LogP contribution is 2.24. The van der Waals surface area contributed by atoms with E-state index in [-0.39, 0.29) is 12.6 Å². The minimum atomic E-state index is -4.29. The summed E-state index contributed by atoms with van der Waals surface area (Å²) in [6.07, 6.45) is -2.92. The van der Waals surface area contributed by atoms with Crippen LogP contribution in [0.3, 0.4) is 0 Å². The average Bonchev–Trinajstić information content (AvgIpc) is 2.93. The summed E-state index contributed by atoms with van der Waals surface area (Å²) in [5.41, 5.74) is 1.54. The molecule has 1 amide bonds. The average molecular weight is 342 g/mol. The van der Waals surface area contributed by atoms with Gasteiger partial charge in [-0.05, 0) is 26.3 Å². The molecule has 2 aromatic heterocycles. The number of aryl methyl sites for hydroxylation is 1. The van der Waals surface area contributed by atoms with Crippen molar-refractivity contribution in [2.75, 3.05) is 13.6 Å². The number of amides is 1. The summed E-state index contributed by atoms with van der Waals surface area (Å²) in [6, 6.07) is 1.71. The van der Waals surface area contributed by atoms with Crippen LogP contribution >= 0.6 is 0 Å². The van der Waals surface area contributed by atoms with Crippen LogP contribution in [0.5, 0.6) is 0 Å². The summed E-state index contributed by atoms with van der Waals surface area (Å²) < 4.78 is 38.9. The quantitative estimate of drug-likeness (QED) is 0.832. The van der Waals surface area contributed by atoms with Crippen molar-refractivity contribution in [3.63, 3.8) is 0 Å². The molecule has 0 fully saturated rings. The first-order valence-electron chi connectivity index (χ1n) is 7.81. The molecule has 0 unspecified atom stereocenters. The van der Waals surface area contributed by atoms with Gasteiger partial charge in [0.05, 0.1) is 29.6 Å². The molecule has 0 spiro atoms. The van der Waals surface area contributed by atoms with Crippen molar-refractivity contribution in [2.45, 2.75) is 45.8 Å². The van der Waals surface area contributed by atoms with Crippen molar-refractivity contribution in [1.29, 1.82) is 0 Å². The lowest BCUT2D eigenvalue weighted by molar-refractivity contribution is -0.136. The van der Waals surface area contributed by atoms with E-state index in [0.717, 1.165) is 11.3 Å². The Morgan fingerprint density at radius 3 is 2.67 bits per heavy atom. The van der Waals surface area contributed by atoms with Crippen LogP contribution in [0.1, 0.15) is 48.8 Å². The van der Waals surface area contributed by atoms with Gasteiger partial charge in [-0.25, -0.2) is 9.67 Å². The Hall–Kier alpha value is -2.12. The van der Waals surface area contributed by atoms with E-state index in [1.807, 2.05) is 13.8 Å². The van der Waals surface area contributed by atoms with Crippen molar-refractivity contribution in [1.82, 2.24) is 19.7 Å². The van der Waals surface area contributed by atoms with Crippen LogP contribution in [0.25, 0.3) is 11.0 Å². The largest absolute Gasteiger partial charge is 0.390 e. The molecule has 0 aliphatic heterocycles. The van der Waals surface area contributed by atoms with Crippen LogP contribution in [-0.2, 0) is 0 Å². The zero-order chi connectivity index (χ0) is 18.1. The van der Waals surface area contributed by atoms with Crippen LogP contribution in [0.4, 0.5) is 13.2 Å². The minimum absolute atomic E-state index is 0.114. The number of carbonyl (C=O) groups is 1. The second-order valence-electron chi connectivity index (χ2n) is 5.99. The van der Waals surface area contributed by atoms with Gasteiger partial charge in [0, 0.05) is 19.3 Å². The van der Waals surface area contributed by atoms with Crippen LogP contribution in [0.2, 0.25) is 0 Å². The summed E-state index contributed by atoms with van der Waals surface area (Å²) in [4.78, 5) is 18.1. The zero-order valence-electron chi connectivity index (χ0n) is 14.2. The molecule has 132 valence electrons. The van der Waals surface area contributed by atoms with Crippen molar-refractivity contribution in [3.8, 4) is 0 Å². The van der Waals surface area contributed by atoms with Crippen molar-refractivity contribution < 1.29 is 18.0 Å². The minimum Gasteiger partial charge on any atom is -0.341 e. The topological polar surface area (TPSA) is 51.0 Å². The highest BCUT2D eigenvalue weighted by atomic mass is 19.4. The third-order valence-electron chi connectivity index (χ3n) is 4.01. The van der Waals surface area contributed by atoms with Crippen LogP contribution in [-0.4, -0.2) is 45.3 Å². The first kappa shape index (κ1) is 18.2. The molecule has 0 saturated heterocycles. The highest BCUT2D eigenvalue weighted by molar-refractivity contribution is 6.05. The molecule has 0 saturated carbocycles. The molecular formula is C16H21F3N4O. The molecule has 0 radical (unpaired) electrons. The summed E-state index contributed by atoms with van der Waals surface area (Å²) in [5.74, 6) is -0.460. The number of fused-ring (bicyclic) bond motifs is 1. The number of hydrogen-bond acceptors (Lipinski definition) is 3. The van der Waals surface area contributed by atoms with Gasteiger partial charge in [-0.2, -0.15) is 18.3 Å². The Morgan fingerprint density at radius 2 is 2.08 bits per heavy atom. The van der Waals surface area contributed by atoms with Crippen molar-refractivity contribution >= 4 is 16.9 Å². The molecular weight excluding hydrogens is 321 g/mol. The highest BCUT2D eigenvalue weighted by Gasteiger charge is 2.29. The fourth-order valence-corrected chi connectivity index (χ4v) is 2.42. The lowest BCUT2D eigenvalue weighted by atomic mass is 10.1. The number of aromatic nitrogens is 3. The van der Waals surface area contributed by atoms with Gasteiger partial charge in [-0.15, -0.1) is 0 Å². The van der Waals surface area contributed by atoms with E-state index in [1.54, 1.807) is 23.9 Å². The third-order valence-corrected chi connectivity index (χ3v) is 4.01. The number of rotatable bonds is 5. The number of hydrogen-bond donors (Lipinski definition) is 0. The standard InChI is InChI=1S/C16H21F3N4O/c1-5-11(3)23-14-13(9-20-23)12(8-10(2)21-14)15(24)22(4)7-6-16(17,18)19/h8-9,11H,5-7H2,1-4H3/t11-/m0/s1. The maximum atomic E-state index is 12.6. The Labute approximate surface area is 138 Å². The second kappa shape index (κ2) is 6.78. The Balaban J connectivity index is 2.38. The Kier molecular flexibility index (Phi) is 5.15. The molecule has 0 N–H and O–H groups in total. The second-order valence-corrected chi connectivity index (χ2v) is 5.99. The van der Waals surface area contributed by atoms with Gasteiger partial charge in [-0.1, -0.05) is 6.92 Å². The van der Waals surface area contributed by atoms with Gasteiger partial charge in [0.1, 0.15) is 0 Å². The maximum absolute atomic E-state index is 12.6. The predicted octanol–water partition coefficient (Wildman–Crippen LogP) is 3.74. The fourth-order valence-electron chi connectivity index (χ4n) is 2.42. The van der Waals surface area contributed by atoms with E-state index >= 15 is 0 Å². The van der Waals surface area contributed by atoms with E-state index in [4.69, 9.17) is 0 Å². The molecule has 0 bridgehead atoms. The normalized spacial score (nSPS) is 13.3. The Bertz CT molecular complexity index is 739. The summed E-state index contributed by atoms with van der Waals surface area (Å²) in [7, 11) is 1.37. The van der Waals surface area contributed by atoms with Gasteiger partial charge in [0.2, 0.25) is 0 Å². The summed E-state index contributed by atoms with van der Waals surface area (Å²) in [5, 5.41) is 4.86. The van der Waals surface area contributed by atoms with Crippen molar-refractivity contribution in [2.24, 2.45) is 0 Å². The van der Waals surface area contributed by atoms with E-state index in [0.29, 0.717) is 22.3 Å². The first-order chi connectivity index (χ1) is 11.1. The monoisotopic (exact) mass is 342 g/mol. The first-order valence-corrected chi connectivity index (χ1v) is 7.81. The Morgan fingerprint density at radius 1 is 1.42 bits per heavy atom. The molecule has 8 heteroatoms. The number of pyridine rings is 1. The van der Waals surface area contributed by atoms with Gasteiger partial charge < -0.3 is 4.90 Å². The number of carbonyl (C=O) groups excluding carboxylic acids is 1. The zero-order valence-corrected chi connectivity index (χ0v) is 14.2. The number of alkyl halides is 3. The van der Waals surface area contributed by atoms with E-state index in [2.05, 4.69) is 10.1 Å². The van der Waals surface area contributed by atoms with Gasteiger partial charge >= 0.3 is 6.18 Å². The number of nitrogens with zero attached hydrogens (tertiary/aromatic N) is 4. The molecule has 0 aliphatic carbocycles. The molecule has 24 heavy (non-hydrogen) atoms. The van der Waals surface area contributed by atoms with Crippen LogP contribution in [0.15, 0.2) is 12.3 Å². The molecule has 0 aliphatic rings. The molecule has 2 rings (SSSR count). The van der Waals surface area contributed by atoms with Gasteiger partial charge in [0.15, 0.2) is 5.65 Å². The van der Waals surface area contributed by atoms with E-state index in [9.17, 15) is 18.0 Å². The molecule has 1 atom stereocenters. The molecule has 2 aromatic rings. The molecule has 0 aromatic carbocycles. The number of halogens is 3. The lowest BCUT2D eigenvalue weighted by Crippen LogP contribution is -2.30. The smallest absolute Gasteiger partial charge is 0.341 e. The van der Waals surface area contributed by atoms with Gasteiger partial charge in [-0.3, -0.25) is 4.79 Å². The van der Waals surface area contributed by atoms with Crippen molar-refractivity contribution in [3.05, 3.63) is 23.5 Å². The molecule has 2 heterocycles. The third kappa shape index (κ3) is 3.85. The molecule has 5 nitrogen and oxygen atoms in total. The summed E-state index contributed by atoms with van der Waals surface area (Å²) >= 11 is 0. The maximum Gasteiger partial charge on any atom is 0.390 e. The van der Waals surface area contributed by atoms with Gasteiger partial charge in [0.25, 0.3) is 5.91 Å². The van der Waals surface area contributed by atoms with E-state index < -0.39 is 18.5 Å². The van der Waals surface area contributed by atoms with E-state index in [1.165, 1.54) is 7.05 Å². The SMILES string of the molecule is CC[C@H](C)n1ncc2c(C(=O)N(C)CCC(F)(F)F)cc(C)nc21. The fraction of sp³-hybridized carbons (Fsp3) is 0.562. The van der Waals surface area contributed by atoms with Crippen LogP contribution < -0.4 is 0 Å². The lowest BCUT2D eigenvalue weighted by Gasteiger charge is -2.19. The van der Waals surface area contributed by atoms with Crippen LogP contribution in [0, 0.1) is 6.92 Å². The predicted molar refractivity (Wildman–Crippen MR) is 84.9 cm³/mol. The summed E-state index contributed by atoms with van der Waals surface area (Å²) in [6.45, 7) is 5.38.